The molecule has 1 aromatic rings. The van der Waals surface area contributed by atoms with E-state index in [4.69, 9.17) is 0 Å². The lowest BCUT2D eigenvalue weighted by atomic mass is 10.0. The number of rotatable bonds is 6. The van der Waals surface area contributed by atoms with Crippen LogP contribution in [0.5, 0.6) is 0 Å². The maximum absolute atomic E-state index is 12.0. The monoisotopic (exact) mass is 359 g/mol. The van der Waals surface area contributed by atoms with E-state index in [0.717, 1.165) is 21.5 Å². The van der Waals surface area contributed by atoms with Crippen LogP contribution in [0.4, 0.5) is 0 Å². The van der Waals surface area contributed by atoms with Crippen LogP contribution in [0.3, 0.4) is 0 Å². The van der Waals surface area contributed by atoms with Gasteiger partial charge in [0.15, 0.2) is 0 Å². The number of nitrogens with one attached hydrogen (secondary N) is 1. The second-order valence-corrected chi connectivity index (χ2v) is 6.46. The predicted molar refractivity (Wildman–Crippen MR) is 84.8 cm³/mol. The molecule has 0 radical (unpaired) electrons. The van der Waals surface area contributed by atoms with Crippen LogP contribution in [0, 0.1) is 9.49 Å². The summed E-state index contributed by atoms with van der Waals surface area (Å²) in [6.45, 7) is 6.54. The molecule has 2 nitrogen and oxygen atoms in total. The summed E-state index contributed by atoms with van der Waals surface area (Å²) in [6.07, 6.45) is 3.45. The van der Waals surface area contributed by atoms with Gasteiger partial charge in [-0.25, -0.2) is 0 Å². The number of hydrogen-bond acceptors (Lipinski definition) is 1. The molecular formula is C15H22INO. The van der Waals surface area contributed by atoms with E-state index in [9.17, 15) is 4.79 Å². The Kier molecular flexibility index (Phi) is 6.68. The maximum Gasteiger partial charge on any atom is 0.251 e. The molecule has 1 rings (SSSR count). The zero-order valence-corrected chi connectivity index (χ0v) is 13.5. The standard InChI is InChI=1S/C15H22INO/c1-11(2)6-4-7-12(3)17-15(18)13-8-5-9-14(16)10-13/h5,8-12H,4,6-7H2,1-3H3,(H,17,18). The van der Waals surface area contributed by atoms with Gasteiger partial charge < -0.3 is 5.32 Å². The van der Waals surface area contributed by atoms with Gasteiger partial charge in [0.1, 0.15) is 0 Å². The van der Waals surface area contributed by atoms with E-state index in [-0.39, 0.29) is 11.9 Å². The van der Waals surface area contributed by atoms with Crippen molar-refractivity contribution in [1.82, 2.24) is 5.32 Å². The highest BCUT2D eigenvalue weighted by molar-refractivity contribution is 14.1. The van der Waals surface area contributed by atoms with Crippen LogP contribution in [-0.4, -0.2) is 11.9 Å². The first-order valence-corrected chi connectivity index (χ1v) is 7.63. The molecule has 0 fully saturated rings. The average molecular weight is 359 g/mol. The number of carbonyl (C=O) groups excluding carboxylic acids is 1. The normalized spacial score (nSPS) is 12.5. The first kappa shape index (κ1) is 15.5. The smallest absolute Gasteiger partial charge is 0.251 e. The van der Waals surface area contributed by atoms with Crippen LogP contribution in [0.1, 0.15) is 50.4 Å². The van der Waals surface area contributed by atoms with E-state index in [1.807, 2.05) is 24.3 Å². The Morgan fingerprint density at radius 1 is 1.28 bits per heavy atom. The van der Waals surface area contributed by atoms with Crippen molar-refractivity contribution < 1.29 is 4.79 Å². The lowest BCUT2D eigenvalue weighted by Gasteiger charge is -2.14. The summed E-state index contributed by atoms with van der Waals surface area (Å²) in [5, 5.41) is 3.05. The minimum Gasteiger partial charge on any atom is -0.350 e. The summed E-state index contributed by atoms with van der Waals surface area (Å²) in [6, 6.07) is 7.92. The quantitative estimate of drug-likeness (QED) is 0.757. The molecule has 3 heteroatoms. The van der Waals surface area contributed by atoms with Crippen LogP contribution < -0.4 is 5.32 Å². The Bertz CT molecular complexity index is 390. The van der Waals surface area contributed by atoms with Crippen molar-refractivity contribution in [3.8, 4) is 0 Å². The molecule has 1 atom stereocenters. The molecular weight excluding hydrogens is 337 g/mol. The fourth-order valence-corrected chi connectivity index (χ4v) is 2.38. The van der Waals surface area contributed by atoms with Gasteiger partial charge in [-0.1, -0.05) is 32.8 Å². The van der Waals surface area contributed by atoms with Gasteiger partial charge in [-0.2, -0.15) is 0 Å². The van der Waals surface area contributed by atoms with Crippen molar-refractivity contribution in [3.63, 3.8) is 0 Å². The van der Waals surface area contributed by atoms with Crippen LogP contribution in [0.25, 0.3) is 0 Å². The van der Waals surface area contributed by atoms with Crippen LogP contribution in [0.15, 0.2) is 24.3 Å². The summed E-state index contributed by atoms with van der Waals surface area (Å²) in [4.78, 5) is 12.0. The molecule has 0 aliphatic rings. The Hall–Kier alpha value is -0.580. The van der Waals surface area contributed by atoms with Gasteiger partial charge in [0.2, 0.25) is 0 Å². The molecule has 1 amide bonds. The number of carbonyl (C=O) groups is 1. The zero-order valence-electron chi connectivity index (χ0n) is 11.4. The van der Waals surface area contributed by atoms with Gasteiger partial charge in [-0.15, -0.1) is 0 Å². The number of halogens is 1. The third-order valence-corrected chi connectivity index (χ3v) is 3.55. The van der Waals surface area contributed by atoms with Gasteiger partial charge in [0, 0.05) is 15.2 Å². The molecule has 0 saturated carbocycles. The van der Waals surface area contributed by atoms with E-state index >= 15 is 0 Å². The summed E-state index contributed by atoms with van der Waals surface area (Å²) < 4.78 is 1.09. The van der Waals surface area contributed by atoms with Gasteiger partial charge in [0.25, 0.3) is 5.91 Å². The molecule has 0 aliphatic carbocycles. The highest BCUT2D eigenvalue weighted by atomic mass is 127. The van der Waals surface area contributed by atoms with Crippen LogP contribution in [-0.2, 0) is 0 Å². The maximum atomic E-state index is 12.0. The van der Waals surface area contributed by atoms with Gasteiger partial charge in [0.05, 0.1) is 0 Å². The van der Waals surface area contributed by atoms with E-state index in [0.29, 0.717) is 0 Å². The largest absolute Gasteiger partial charge is 0.350 e. The summed E-state index contributed by atoms with van der Waals surface area (Å²) in [5.74, 6) is 0.772. The molecule has 0 heterocycles. The highest BCUT2D eigenvalue weighted by Crippen LogP contribution is 2.10. The molecule has 100 valence electrons. The van der Waals surface area contributed by atoms with Crippen molar-refractivity contribution in [2.45, 2.75) is 46.1 Å². The molecule has 0 aromatic heterocycles. The fraction of sp³-hybridized carbons (Fsp3) is 0.533. The predicted octanol–water partition coefficient (Wildman–Crippen LogP) is 4.24. The fourth-order valence-electron chi connectivity index (χ4n) is 1.84. The molecule has 0 spiro atoms. The highest BCUT2D eigenvalue weighted by Gasteiger charge is 2.09. The van der Waals surface area contributed by atoms with Gasteiger partial charge in [-0.05, 0) is 60.1 Å². The summed E-state index contributed by atoms with van der Waals surface area (Å²) in [7, 11) is 0. The minimum atomic E-state index is 0.0329. The molecule has 0 saturated heterocycles. The zero-order chi connectivity index (χ0) is 13.5. The Morgan fingerprint density at radius 2 is 2.00 bits per heavy atom. The van der Waals surface area contributed by atoms with E-state index in [1.165, 1.54) is 12.8 Å². The van der Waals surface area contributed by atoms with Gasteiger partial charge >= 0.3 is 0 Å². The first-order chi connectivity index (χ1) is 8.49. The van der Waals surface area contributed by atoms with Crippen molar-refractivity contribution in [2.75, 3.05) is 0 Å². The van der Waals surface area contributed by atoms with E-state index < -0.39 is 0 Å². The SMILES string of the molecule is CC(C)CCCC(C)NC(=O)c1cccc(I)c1. The third kappa shape index (κ3) is 5.85. The summed E-state index contributed by atoms with van der Waals surface area (Å²) >= 11 is 2.22. The topological polar surface area (TPSA) is 29.1 Å². The lowest BCUT2D eigenvalue weighted by Crippen LogP contribution is -2.32. The molecule has 0 aliphatic heterocycles. The first-order valence-electron chi connectivity index (χ1n) is 6.55. The minimum absolute atomic E-state index is 0.0329. The number of benzene rings is 1. The summed E-state index contributed by atoms with van der Waals surface area (Å²) in [5.41, 5.74) is 0.748. The van der Waals surface area contributed by atoms with Crippen molar-refractivity contribution in [3.05, 3.63) is 33.4 Å². The Labute approximate surface area is 124 Å². The molecule has 1 aromatic carbocycles. The number of amides is 1. The molecule has 18 heavy (non-hydrogen) atoms. The Balaban J connectivity index is 2.40. The molecule has 0 bridgehead atoms. The number of hydrogen-bond donors (Lipinski definition) is 1. The Morgan fingerprint density at radius 3 is 2.61 bits per heavy atom. The lowest BCUT2D eigenvalue weighted by molar-refractivity contribution is 0.0937. The van der Waals surface area contributed by atoms with E-state index in [1.54, 1.807) is 0 Å². The second-order valence-electron chi connectivity index (χ2n) is 5.21. The van der Waals surface area contributed by atoms with Crippen LogP contribution >= 0.6 is 22.6 Å². The average Bonchev–Trinajstić information content (AvgIpc) is 2.28. The third-order valence-electron chi connectivity index (χ3n) is 2.88. The van der Waals surface area contributed by atoms with Crippen LogP contribution in [0.2, 0.25) is 0 Å². The van der Waals surface area contributed by atoms with Gasteiger partial charge in [-0.3, -0.25) is 4.79 Å². The van der Waals surface area contributed by atoms with Crippen molar-refractivity contribution in [1.29, 1.82) is 0 Å². The van der Waals surface area contributed by atoms with Crippen molar-refractivity contribution in [2.24, 2.45) is 5.92 Å². The second kappa shape index (κ2) is 7.77. The van der Waals surface area contributed by atoms with E-state index in [2.05, 4.69) is 48.7 Å². The van der Waals surface area contributed by atoms with Crippen molar-refractivity contribution >= 4 is 28.5 Å². The molecule has 1 unspecified atom stereocenters. The molecule has 1 N–H and O–H groups in total.